The Morgan fingerprint density at radius 1 is 1.15 bits per heavy atom. The summed E-state index contributed by atoms with van der Waals surface area (Å²) in [6.45, 7) is 2.83. The summed E-state index contributed by atoms with van der Waals surface area (Å²) in [5.74, 6) is 2.41. The maximum atomic E-state index is 15.6. The predicted molar refractivity (Wildman–Crippen MR) is 155 cm³/mol. The normalized spacial score (nSPS) is 18.6. The molecule has 1 aromatic heterocycles. The molecule has 8 heteroatoms. The van der Waals surface area contributed by atoms with Gasteiger partial charge in [-0.05, 0) is 105 Å². The number of nitrogens with zero attached hydrogens (tertiary/aromatic N) is 2. The molecule has 0 bridgehead atoms. The number of methoxy groups -OCH3 is 2. The van der Waals surface area contributed by atoms with E-state index in [1.54, 1.807) is 38.2 Å². The Labute approximate surface area is 234 Å². The number of thioether (sulfide) groups is 1. The smallest absolute Gasteiger partial charge is 0.303 e. The van der Waals surface area contributed by atoms with Gasteiger partial charge in [0.2, 0.25) is 0 Å². The average Bonchev–Trinajstić information content (AvgIpc) is 2.97. The summed E-state index contributed by atoms with van der Waals surface area (Å²) in [5, 5.41) is 10.1. The molecular weight excluding hydrogens is 515 g/mol. The van der Waals surface area contributed by atoms with Crippen LogP contribution in [0.2, 0.25) is 0 Å². The third kappa shape index (κ3) is 8.08. The van der Waals surface area contributed by atoms with Gasteiger partial charge >= 0.3 is 5.97 Å². The van der Waals surface area contributed by atoms with Crippen LogP contribution in [-0.4, -0.2) is 60.6 Å². The lowest BCUT2D eigenvalue weighted by Gasteiger charge is -2.39. The molecule has 210 valence electrons. The van der Waals surface area contributed by atoms with Crippen LogP contribution in [0.3, 0.4) is 0 Å². The maximum absolute atomic E-state index is 15.6. The van der Waals surface area contributed by atoms with E-state index in [2.05, 4.69) is 16.0 Å². The van der Waals surface area contributed by atoms with Crippen LogP contribution in [0.25, 0.3) is 10.9 Å². The number of piperidine rings is 1. The van der Waals surface area contributed by atoms with Gasteiger partial charge in [0, 0.05) is 29.4 Å². The number of ether oxygens (including phenoxy) is 2. The van der Waals surface area contributed by atoms with Gasteiger partial charge in [-0.25, -0.2) is 4.39 Å². The van der Waals surface area contributed by atoms with Crippen molar-refractivity contribution >= 4 is 28.6 Å². The first-order chi connectivity index (χ1) is 19.0. The zero-order chi connectivity index (χ0) is 27.6. The molecule has 1 aliphatic heterocycles. The molecule has 39 heavy (non-hydrogen) atoms. The Morgan fingerprint density at radius 2 is 2.00 bits per heavy atom. The fourth-order valence-electron chi connectivity index (χ4n) is 5.65. The van der Waals surface area contributed by atoms with E-state index in [-0.39, 0.29) is 12.3 Å². The highest BCUT2D eigenvalue weighted by Crippen LogP contribution is 2.37. The Hall–Kier alpha value is -2.84. The maximum Gasteiger partial charge on any atom is 0.303 e. The molecule has 3 aromatic rings. The number of fused-ring (bicyclic) bond motifs is 1. The average molecular weight is 555 g/mol. The minimum Gasteiger partial charge on any atom is -0.497 e. The van der Waals surface area contributed by atoms with Crippen molar-refractivity contribution in [1.82, 2.24) is 9.88 Å². The second-order valence-corrected chi connectivity index (χ2v) is 11.4. The molecule has 1 saturated heterocycles. The van der Waals surface area contributed by atoms with Crippen molar-refractivity contribution < 1.29 is 23.8 Å². The number of likely N-dealkylation sites (tertiary alicyclic amines) is 1. The number of benzene rings is 2. The highest BCUT2D eigenvalue weighted by atomic mass is 32.2. The molecule has 6 nitrogen and oxygen atoms in total. The molecule has 3 atom stereocenters. The number of aliphatic carboxylic acids is 1. The Balaban J connectivity index is 1.32. The van der Waals surface area contributed by atoms with Gasteiger partial charge in [0.05, 0.1) is 19.7 Å². The van der Waals surface area contributed by atoms with Gasteiger partial charge in [-0.1, -0.05) is 12.1 Å². The molecule has 1 fully saturated rings. The number of para-hydroxylation sites is 1. The highest BCUT2D eigenvalue weighted by Gasteiger charge is 2.30. The molecule has 1 aliphatic rings. The molecule has 1 unspecified atom stereocenters. The molecule has 2 aromatic carbocycles. The topological polar surface area (TPSA) is 71.9 Å². The SMILES string of the molecule is COc1ccc2nccc(C(F)CC[C@@H]3CCN(CCCSc4ccccc4OC)C[C@@H]3CCC(=O)O)c2c1. The molecule has 1 N–H and O–H groups in total. The van der Waals surface area contributed by atoms with Crippen molar-refractivity contribution in [3.8, 4) is 11.5 Å². The molecule has 0 amide bonds. The van der Waals surface area contributed by atoms with Crippen molar-refractivity contribution in [3.05, 3.63) is 60.3 Å². The number of carbonyl (C=O) groups is 1. The molecule has 2 heterocycles. The molecule has 0 radical (unpaired) electrons. The van der Waals surface area contributed by atoms with Crippen LogP contribution in [-0.2, 0) is 4.79 Å². The van der Waals surface area contributed by atoms with Gasteiger partial charge in [-0.2, -0.15) is 0 Å². The Bertz CT molecular complexity index is 1230. The molecule has 4 rings (SSSR count). The zero-order valence-electron chi connectivity index (χ0n) is 22.9. The first-order valence-corrected chi connectivity index (χ1v) is 14.7. The highest BCUT2D eigenvalue weighted by molar-refractivity contribution is 7.99. The van der Waals surface area contributed by atoms with Crippen molar-refractivity contribution in [2.75, 3.05) is 39.6 Å². The fourth-order valence-corrected chi connectivity index (χ4v) is 6.61. The number of carboxylic acids is 1. The van der Waals surface area contributed by atoms with Crippen LogP contribution >= 0.6 is 11.8 Å². The number of hydrogen-bond donors (Lipinski definition) is 1. The van der Waals surface area contributed by atoms with Gasteiger partial charge in [0.25, 0.3) is 0 Å². The van der Waals surface area contributed by atoms with Gasteiger partial charge in [0.15, 0.2) is 0 Å². The van der Waals surface area contributed by atoms with E-state index in [1.807, 2.05) is 36.4 Å². The summed E-state index contributed by atoms with van der Waals surface area (Å²) < 4.78 is 26.4. The van der Waals surface area contributed by atoms with Crippen molar-refractivity contribution in [1.29, 1.82) is 0 Å². The minimum atomic E-state index is -1.10. The summed E-state index contributed by atoms with van der Waals surface area (Å²) in [7, 11) is 3.30. The van der Waals surface area contributed by atoms with Crippen LogP contribution in [0.1, 0.15) is 50.3 Å². The first-order valence-electron chi connectivity index (χ1n) is 13.7. The standard InChI is InChI=1S/C31H39FN2O4S/c1-37-24-10-12-28-26(20-24)25(14-16-33-28)27(32)11-8-22-15-18-34(21-23(22)9-13-31(35)36)17-5-19-39-30-7-4-3-6-29(30)38-2/h3-4,6-7,10,12,14,16,20,22-23,27H,5,8-9,11,13,15,17-19,21H2,1-2H3,(H,35,36)/t22-,23+,27?/m1/s1. The number of pyridine rings is 1. The third-order valence-corrected chi connectivity index (χ3v) is 8.90. The van der Waals surface area contributed by atoms with E-state index in [4.69, 9.17) is 9.47 Å². The predicted octanol–water partition coefficient (Wildman–Crippen LogP) is 7.03. The van der Waals surface area contributed by atoms with Crippen LogP contribution in [0, 0.1) is 11.8 Å². The third-order valence-electron chi connectivity index (χ3n) is 7.76. The second-order valence-electron chi connectivity index (χ2n) is 10.2. The summed E-state index contributed by atoms with van der Waals surface area (Å²) >= 11 is 1.80. The fraction of sp³-hybridized carbons (Fsp3) is 0.484. The van der Waals surface area contributed by atoms with E-state index < -0.39 is 12.1 Å². The van der Waals surface area contributed by atoms with E-state index in [9.17, 15) is 9.90 Å². The van der Waals surface area contributed by atoms with Crippen LogP contribution in [0.4, 0.5) is 4.39 Å². The first kappa shape index (κ1) is 29.2. The number of halogens is 1. The number of rotatable bonds is 14. The number of aromatic nitrogens is 1. The van der Waals surface area contributed by atoms with Gasteiger partial charge < -0.3 is 19.5 Å². The van der Waals surface area contributed by atoms with Crippen molar-refractivity contribution in [3.63, 3.8) is 0 Å². The number of alkyl halides is 1. The van der Waals surface area contributed by atoms with Gasteiger partial charge in [0.1, 0.15) is 17.7 Å². The lowest BCUT2D eigenvalue weighted by Crippen LogP contribution is -2.41. The quantitative estimate of drug-likeness (QED) is 0.169. The van der Waals surface area contributed by atoms with E-state index >= 15 is 4.39 Å². The van der Waals surface area contributed by atoms with E-state index in [0.29, 0.717) is 30.1 Å². The minimum absolute atomic E-state index is 0.159. The van der Waals surface area contributed by atoms with Crippen LogP contribution < -0.4 is 9.47 Å². The number of carboxylic acid groups (broad SMARTS) is 1. The van der Waals surface area contributed by atoms with Crippen LogP contribution in [0.15, 0.2) is 59.6 Å². The lowest BCUT2D eigenvalue weighted by atomic mass is 9.79. The van der Waals surface area contributed by atoms with E-state index in [1.165, 1.54) is 0 Å². The Morgan fingerprint density at radius 3 is 2.79 bits per heavy atom. The van der Waals surface area contributed by atoms with Gasteiger partial charge in [-0.3, -0.25) is 9.78 Å². The lowest BCUT2D eigenvalue weighted by molar-refractivity contribution is -0.137. The number of hydrogen-bond acceptors (Lipinski definition) is 6. The van der Waals surface area contributed by atoms with Crippen molar-refractivity contribution in [2.24, 2.45) is 11.8 Å². The second kappa shape index (κ2) is 14.5. The van der Waals surface area contributed by atoms with E-state index in [0.717, 1.165) is 66.2 Å². The Kier molecular flexibility index (Phi) is 10.9. The zero-order valence-corrected chi connectivity index (χ0v) is 23.7. The monoisotopic (exact) mass is 554 g/mol. The molecular formula is C31H39FN2O4S. The van der Waals surface area contributed by atoms with Gasteiger partial charge in [-0.15, -0.1) is 11.8 Å². The molecule has 0 aliphatic carbocycles. The largest absolute Gasteiger partial charge is 0.497 e. The van der Waals surface area contributed by atoms with Crippen LogP contribution in [0.5, 0.6) is 11.5 Å². The molecule has 0 spiro atoms. The van der Waals surface area contributed by atoms with Crippen molar-refractivity contribution in [2.45, 2.75) is 49.6 Å². The molecule has 0 saturated carbocycles. The summed E-state index contributed by atoms with van der Waals surface area (Å²) in [4.78, 5) is 19.3. The summed E-state index contributed by atoms with van der Waals surface area (Å²) in [5.41, 5.74) is 1.40. The summed E-state index contributed by atoms with van der Waals surface area (Å²) in [6, 6.07) is 15.4. The summed E-state index contributed by atoms with van der Waals surface area (Å²) in [6.07, 6.45) is 4.54.